The molecular weight excluding hydrogens is 387 g/mol. The van der Waals surface area contributed by atoms with Crippen molar-refractivity contribution >= 4 is 23.9 Å². The van der Waals surface area contributed by atoms with Gasteiger partial charge in [0, 0.05) is 19.7 Å². The molecule has 1 heterocycles. The van der Waals surface area contributed by atoms with Crippen LogP contribution in [0.2, 0.25) is 0 Å². The second-order valence-corrected chi connectivity index (χ2v) is 6.94. The van der Waals surface area contributed by atoms with Crippen LogP contribution >= 0.6 is 0 Å². The lowest BCUT2D eigenvalue weighted by Crippen LogP contribution is -2.34. The summed E-state index contributed by atoms with van der Waals surface area (Å²) >= 11 is 0. The maximum absolute atomic E-state index is 13.6. The summed E-state index contributed by atoms with van der Waals surface area (Å²) in [4.78, 5) is 37.7. The van der Waals surface area contributed by atoms with Crippen LogP contribution in [0.25, 0.3) is 6.08 Å². The fourth-order valence-electron chi connectivity index (χ4n) is 3.36. The molecule has 7 heteroatoms. The number of halogens is 1. The summed E-state index contributed by atoms with van der Waals surface area (Å²) in [6, 6.07) is 13.4. The molecule has 156 valence electrons. The first-order chi connectivity index (χ1) is 14.5. The van der Waals surface area contributed by atoms with Crippen molar-refractivity contribution in [3.8, 4) is 0 Å². The van der Waals surface area contributed by atoms with Gasteiger partial charge < -0.3 is 15.0 Å². The van der Waals surface area contributed by atoms with Crippen molar-refractivity contribution < 1.29 is 23.5 Å². The summed E-state index contributed by atoms with van der Waals surface area (Å²) in [5.74, 6) is -1.56. The van der Waals surface area contributed by atoms with E-state index >= 15 is 0 Å². The number of carbonyl (C=O) groups is 3. The van der Waals surface area contributed by atoms with Crippen LogP contribution in [-0.4, -0.2) is 35.8 Å². The molecule has 0 aromatic heterocycles. The molecule has 1 aliphatic heterocycles. The first-order valence-corrected chi connectivity index (χ1v) is 9.67. The predicted octanol–water partition coefficient (Wildman–Crippen LogP) is 2.99. The highest BCUT2D eigenvalue weighted by Gasteiger charge is 2.28. The van der Waals surface area contributed by atoms with E-state index in [0.29, 0.717) is 12.0 Å². The van der Waals surface area contributed by atoms with Gasteiger partial charge in [0.25, 0.3) is 5.91 Å². The van der Waals surface area contributed by atoms with Crippen LogP contribution in [0, 0.1) is 5.82 Å². The Labute approximate surface area is 174 Å². The zero-order chi connectivity index (χ0) is 21.5. The predicted molar refractivity (Wildman–Crippen MR) is 109 cm³/mol. The van der Waals surface area contributed by atoms with Gasteiger partial charge in [0.1, 0.15) is 5.82 Å². The third kappa shape index (κ3) is 5.31. The molecule has 0 bridgehead atoms. The van der Waals surface area contributed by atoms with Gasteiger partial charge in [-0.05, 0) is 35.3 Å². The lowest BCUT2D eigenvalue weighted by Gasteiger charge is -2.32. The van der Waals surface area contributed by atoms with Gasteiger partial charge in [-0.25, -0.2) is 4.39 Å². The van der Waals surface area contributed by atoms with E-state index in [1.165, 1.54) is 17.9 Å². The van der Waals surface area contributed by atoms with E-state index in [0.717, 1.165) is 11.1 Å². The third-order valence-electron chi connectivity index (χ3n) is 4.87. The lowest BCUT2D eigenvalue weighted by molar-refractivity contribution is -0.150. The number of benzene rings is 2. The average molecular weight is 410 g/mol. The molecule has 0 radical (unpaired) electrons. The van der Waals surface area contributed by atoms with Crippen molar-refractivity contribution in [2.24, 2.45) is 0 Å². The molecule has 1 N–H and O–H groups in total. The van der Waals surface area contributed by atoms with Crippen LogP contribution in [0.5, 0.6) is 0 Å². The number of ether oxygens (including phenoxy) is 1. The topological polar surface area (TPSA) is 75.7 Å². The van der Waals surface area contributed by atoms with E-state index in [2.05, 4.69) is 5.32 Å². The Kier molecular flexibility index (Phi) is 6.95. The van der Waals surface area contributed by atoms with Crippen molar-refractivity contribution in [3.05, 3.63) is 77.2 Å². The van der Waals surface area contributed by atoms with Gasteiger partial charge in [-0.15, -0.1) is 0 Å². The van der Waals surface area contributed by atoms with Crippen LogP contribution in [0.4, 0.5) is 4.39 Å². The molecule has 6 nitrogen and oxygen atoms in total. The van der Waals surface area contributed by atoms with Crippen molar-refractivity contribution in [3.63, 3.8) is 0 Å². The molecule has 0 spiro atoms. The number of rotatable bonds is 7. The molecule has 0 unspecified atom stereocenters. The maximum Gasteiger partial charge on any atom is 0.308 e. The van der Waals surface area contributed by atoms with E-state index in [1.807, 2.05) is 30.3 Å². The molecule has 1 aliphatic rings. The molecule has 0 aliphatic carbocycles. The van der Waals surface area contributed by atoms with Gasteiger partial charge in [-0.2, -0.15) is 0 Å². The van der Waals surface area contributed by atoms with Gasteiger partial charge in [0.05, 0.1) is 12.5 Å². The standard InChI is InChI=1S/C23H23FN2O4/c1-16(27)26-13-11-17-6-2-4-8-19(17)21(26)14-23(29)30-15-22(28)25-12-10-18-7-3-5-9-20(18)24/h2-9,11,13,21H,10,12,14-15H2,1H3,(H,25,28)/t21-/m1/s1. The number of carbonyl (C=O) groups excluding carboxylic acids is 3. The summed E-state index contributed by atoms with van der Waals surface area (Å²) in [5.41, 5.74) is 2.28. The molecule has 2 aromatic carbocycles. The van der Waals surface area contributed by atoms with Gasteiger partial charge in [0.2, 0.25) is 5.91 Å². The Morgan fingerprint density at radius 3 is 2.60 bits per heavy atom. The fraction of sp³-hybridized carbons (Fsp3) is 0.261. The first kappa shape index (κ1) is 21.2. The van der Waals surface area contributed by atoms with Gasteiger partial charge in [-0.1, -0.05) is 42.5 Å². The smallest absolute Gasteiger partial charge is 0.308 e. The van der Waals surface area contributed by atoms with E-state index in [9.17, 15) is 18.8 Å². The number of hydrogen-bond acceptors (Lipinski definition) is 4. The summed E-state index contributed by atoms with van der Waals surface area (Å²) in [6.07, 6.45) is 3.74. The number of hydrogen-bond donors (Lipinski definition) is 1. The average Bonchev–Trinajstić information content (AvgIpc) is 2.73. The van der Waals surface area contributed by atoms with Gasteiger partial charge >= 0.3 is 5.97 Å². The number of amides is 2. The summed E-state index contributed by atoms with van der Waals surface area (Å²) in [5, 5.41) is 2.60. The van der Waals surface area contributed by atoms with Crippen LogP contribution in [0.15, 0.2) is 54.7 Å². The summed E-state index contributed by atoms with van der Waals surface area (Å²) in [7, 11) is 0. The normalized spacial score (nSPS) is 14.7. The highest BCUT2D eigenvalue weighted by atomic mass is 19.1. The molecule has 2 amide bonds. The van der Waals surface area contributed by atoms with Crippen molar-refractivity contribution in [1.82, 2.24) is 10.2 Å². The van der Waals surface area contributed by atoms with E-state index in [4.69, 9.17) is 4.74 Å². The van der Waals surface area contributed by atoms with E-state index in [-0.39, 0.29) is 24.7 Å². The molecule has 0 fully saturated rings. The minimum absolute atomic E-state index is 0.0660. The Bertz CT molecular complexity index is 973. The number of fused-ring (bicyclic) bond motifs is 1. The molecule has 2 aromatic rings. The molecule has 30 heavy (non-hydrogen) atoms. The molecule has 0 saturated heterocycles. The zero-order valence-corrected chi connectivity index (χ0v) is 16.6. The second-order valence-electron chi connectivity index (χ2n) is 6.94. The van der Waals surface area contributed by atoms with Crippen LogP contribution in [-0.2, 0) is 25.5 Å². The Balaban J connectivity index is 1.50. The first-order valence-electron chi connectivity index (χ1n) is 9.67. The van der Waals surface area contributed by atoms with E-state index < -0.39 is 24.5 Å². The van der Waals surface area contributed by atoms with Crippen LogP contribution in [0.3, 0.4) is 0 Å². The largest absolute Gasteiger partial charge is 0.456 e. The number of esters is 1. The summed E-state index contributed by atoms with van der Waals surface area (Å²) < 4.78 is 18.7. The number of nitrogens with zero attached hydrogens (tertiary/aromatic N) is 1. The second kappa shape index (κ2) is 9.82. The lowest BCUT2D eigenvalue weighted by atomic mass is 9.94. The third-order valence-corrected chi connectivity index (χ3v) is 4.87. The van der Waals surface area contributed by atoms with Crippen LogP contribution in [0.1, 0.15) is 36.1 Å². The highest BCUT2D eigenvalue weighted by molar-refractivity contribution is 5.82. The van der Waals surface area contributed by atoms with E-state index in [1.54, 1.807) is 24.4 Å². The Morgan fingerprint density at radius 2 is 1.83 bits per heavy atom. The highest BCUT2D eigenvalue weighted by Crippen LogP contribution is 2.33. The molecule has 1 atom stereocenters. The van der Waals surface area contributed by atoms with Crippen LogP contribution < -0.4 is 5.32 Å². The Morgan fingerprint density at radius 1 is 1.10 bits per heavy atom. The zero-order valence-electron chi connectivity index (χ0n) is 16.6. The van der Waals surface area contributed by atoms with Gasteiger partial charge in [-0.3, -0.25) is 14.4 Å². The Hall–Kier alpha value is -3.48. The van der Waals surface area contributed by atoms with Crippen molar-refractivity contribution in [1.29, 1.82) is 0 Å². The SMILES string of the molecule is CC(=O)N1C=Cc2ccccc2[C@H]1CC(=O)OCC(=O)NCCc1ccccc1F. The van der Waals surface area contributed by atoms with Crippen molar-refractivity contribution in [2.75, 3.05) is 13.2 Å². The molecule has 3 rings (SSSR count). The van der Waals surface area contributed by atoms with Gasteiger partial charge in [0.15, 0.2) is 6.61 Å². The minimum Gasteiger partial charge on any atom is -0.456 e. The fourth-order valence-corrected chi connectivity index (χ4v) is 3.36. The molecular formula is C23H23FN2O4. The monoisotopic (exact) mass is 410 g/mol. The maximum atomic E-state index is 13.6. The minimum atomic E-state index is -0.583. The van der Waals surface area contributed by atoms with Crippen molar-refractivity contribution in [2.45, 2.75) is 25.8 Å². The summed E-state index contributed by atoms with van der Waals surface area (Å²) in [6.45, 7) is 1.23. The quantitative estimate of drug-likeness (QED) is 0.712. The molecule has 0 saturated carbocycles. The number of nitrogens with one attached hydrogen (secondary N) is 1.